The van der Waals surface area contributed by atoms with Gasteiger partial charge in [-0.1, -0.05) is 11.6 Å². The van der Waals surface area contributed by atoms with Gasteiger partial charge in [-0.15, -0.1) is 0 Å². The van der Waals surface area contributed by atoms with Gasteiger partial charge in [-0.2, -0.15) is 13.2 Å². The number of pyridine rings is 1. The maximum absolute atomic E-state index is 12.7. The number of furan rings is 1. The van der Waals surface area contributed by atoms with Crippen molar-refractivity contribution < 1.29 is 22.5 Å². The van der Waals surface area contributed by atoms with Crippen LogP contribution in [0.3, 0.4) is 0 Å². The van der Waals surface area contributed by atoms with E-state index in [1.807, 2.05) is 0 Å². The summed E-state index contributed by atoms with van der Waals surface area (Å²) in [6.07, 6.45) is -1.59. The largest absolute Gasteiger partial charge is 0.467 e. The number of hydrogen-bond donors (Lipinski definition) is 2. The van der Waals surface area contributed by atoms with Crippen molar-refractivity contribution in [3.63, 3.8) is 0 Å². The van der Waals surface area contributed by atoms with Crippen LogP contribution in [-0.2, 0) is 12.7 Å². The second-order valence-corrected chi connectivity index (χ2v) is 5.69. The molecule has 0 aliphatic heterocycles. The van der Waals surface area contributed by atoms with Crippen molar-refractivity contribution in [2.24, 2.45) is 0 Å². The molecule has 0 aromatic carbocycles. The predicted octanol–water partition coefficient (Wildman–Crippen LogP) is 4.40. The maximum atomic E-state index is 12.7. The van der Waals surface area contributed by atoms with Gasteiger partial charge in [0.25, 0.3) is 0 Å². The average molecular weight is 415 g/mol. The first-order chi connectivity index (χ1) is 13.3. The Hall–Kier alpha value is -3.41. The number of hydrogen-bond acceptors (Lipinski definition) is 8. The summed E-state index contributed by atoms with van der Waals surface area (Å²) in [5.74, 6) is -0.138. The number of nitrogens with one attached hydrogen (secondary N) is 2. The second-order valence-electron chi connectivity index (χ2n) is 5.29. The van der Waals surface area contributed by atoms with Gasteiger partial charge in [0.15, 0.2) is 5.82 Å². The van der Waals surface area contributed by atoms with Gasteiger partial charge in [-0.05, 0) is 18.2 Å². The van der Waals surface area contributed by atoms with E-state index < -0.39 is 22.4 Å². The minimum absolute atomic E-state index is 0.115. The fraction of sp³-hybridized carbons (Fsp3) is 0.133. The summed E-state index contributed by atoms with van der Waals surface area (Å²) in [6.45, 7) is 0.115. The highest BCUT2D eigenvalue weighted by Crippen LogP contribution is 2.35. The van der Waals surface area contributed by atoms with Crippen LogP contribution in [0.25, 0.3) is 0 Å². The third-order valence-electron chi connectivity index (χ3n) is 3.42. The van der Waals surface area contributed by atoms with Gasteiger partial charge in [0.05, 0.1) is 28.3 Å². The fourth-order valence-corrected chi connectivity index (χ4v) is 2.37. The predicted molar refractivity (Wildman–Crippen MR) is 92.3 cm³/mol. The van der Waals surface area contributed by atoms with E-state index >= 15 is 0 Å². The highest BCUT2D eigenvalue weighted by Gasteiger charge is 2.32. The summed E-state index contributed by atoms with van der Waals surface area (Å²) in [5, 5.41) is 16.3. The fourth-order valence-electron chi connectivity index (χ4n) is 2.15. The van der Waals surface area contributed by atoms with Gasteiger partial charge in [-0.3, -0.25) is 10.1 Å². The molecular formula is C15H10ClF3N6O3. The van der Waals surface area contributed by atoms with Crippen LogP contribution >= 0.6 is 11.6 Å². The molecule has 2 N–H and O–H groups in total. The molecule has 0 saturated carbocycles. The summed E-state index contributed by atoms with van der Waals surface area (Å²) >= 11 is 5.82. The third kappa shape index (κ3) is 4.28. The first-order valence-electron chi connectivity index (χ1n) is 7.51. The Bertz CT molecular complexity index is 997. The number of anilines is 3. The molecule has 0 saturated heterocycles. The van der Waals surface area contributed by atoms with E-state index in [2.05, 4.69) is 25.6 Å². The van der Waals surface area contributed by atoms with Crippen LogP contribution in [0.5, 0.6) is 0 Å². The molecule has 3 aromatic heterocycles. The molecular weight excluding hydrogens is 405 g/mol. The molecule has 0 aliphatic rings. The van der Waals surface area contributed by atoms with E-state index in [-0.39, 0.29) is 29.0 Å². The topological polar surface area (TPSA) is 119 Å². The summed E-state index contributed by atoms with van der Waals surface area (Å²) in [5.41, 5.74) is -1.59. The molecule has 0 bridgehead atoms. The van der Waals surface area contributed by atoms with Crippen LogP contribution in [0.2, 0.25) is 5.02 Å². The lowest BCUT2D eigenvalue weighted by Crippen LogP contribution is -2.09. The zero-order valence-corrected chi connectivity index (χ0v) is 14.5. The standard InChI is InChI=1S/C15H10ClF3N6O3/c16-10-4-8(15(17,18)19)5-20-12(10)24-14-11(25(26)27)13(22-7-23-14)21-6-9-2-1-3-28-9/h1-5,7H,6H2,(H2,20,21,22,23,24). The third-order valence-corrected chi connectivity index (χ3v) is 3.71. The number of nitro groups is 1. The van der Waals surface area contributed by atoms with Crippen LogP contribution in [0.15, 0.2) is 41.4 Å². The number of rotatable bonds is 6. The summed E-state index contributed by atoms with van der Waals surface area (Å²) in [6, 6.07) is 3.96. The Balaban J connectivity index is 1.89. The Kier molecular flexibility index (Phi) is 5.31. The van der Waals surface area contributed by atoms with Crippen molar-refractivity contribution in [2.75, 3.05) is 10.6 Å². The van der Waals surface area contributed by atoms with Crippen molar-refractivity contribution >= 4 is 34.7 Å². The van der Waals surface area contributed by atoms with Crippen LogP contribution in [-0.4, -0.2) is 19.9 Å². The minimum atomic E-state index is -4.63. The lowest BCUT2D eigenvalue weighted by molar-refractivity contribution is -0.383. The minimum Gasteiger partial charge on any atom is -0.467 e. The quantitative estimate of drug-likeness (QED) is 0.450. The molecule has 0 spiro atoms. The molecule has 0 aliphatic carbocycles. The maximum Gasteiger partial charge on any atom is 0.417 e. The number of nitrogens with zero attached hydrogens (tertiary/aromatic N) is 4. The monoisotopic (exact) mass is 414 g/mol. The van der Waals surface area contributed by atoms with E-state index in [1.54, 1.807) is 12.1 Å². The van der Waals surface area contributed by atoms with Gasteiger partial charge in [0.2, 0.25) is 11.6 Å². The summed E-state index contributed by atoms with van der Waals surface area (Å²) < 4.78 is 43.2. The van der Waals surface area contributed by atoms with Crippen molar-refractivity contribution in [1.29, 1.82) is 0 Å². The smallest absolute Gasteiger partial charge is 0.417 e. The van der Waals surface area contributed by atoms with Gasteiger partial charge >= 0.3 is 11.9 Å². The first kappa shape index (κ1) is 19.4. The Morgan fingerprint density at radius 2 is 1.96 bits per heavy atom. The molecule has 0 unspecified atom stereocenters. The molecule has 3 rings (SSSR count). The van der Waals surface area contributed by atoms with Gasteiger partial charge in [-0.25, -0.2) is 15.0 Å². The molecule has 0 atom stereocenters. The zero-order valence-electron chi connectivity index (χ0n) is 13.7. The van der Waals surface area contributed by atoms with Crippen LogP contribution in [0, 0.1) is 10.1 Å². The van der Waals surface area contributed by atoms with Gasteiger partial charge in [0.1, 0.15) is 12.1 Å². The molecule has 28 heavy (non-hydrogen) atoms. The van der Waals surface area contributed by atoms with Crippen molar-refractivity contribution in [3.8, 4) is 0 Å². The molecule has 13 heteroatoms. The molecule has 0 amide bonds. The lowest BCUT2D eigenvalue weighted by atomic mass is 10.2. The van der Waals surface area contributed by atoms with E-state index in [0.717, 1.165) is 6.33 Å². The van der Waals surface area contributed by atoms with E-state index in [9.17, 15) is 23.3 Å². The zero-order chi connectivity index (χ0) is 20.3. The van der Waals surface area contributed by atoms with Crippen LogP contribution < -0.4 is 10.6 Å². The Morgan fingerprint density at radius 3 is 2.57 bits per heavy atom. The highest BCUT2D eigenvalue weighted by molar-refractivity contribution is 6.33. The highest BCUT2D eigenvalue weighted by atomic mass is 35.5. The first-order valence-corrected chi connectivity index (χ1v) is 7.89. The van der Waals surface area contributed by atoms with Crippen LogP contribution in [0.1, 0.15) is 11.3 Å². The SMILES string of the molecule is O=[N+]([O-])c1c(NCc2ccco2)ncnc1Nc1ncc(C(F)(F)F)cc1Cl. The Morgan fingerprint density at radius 1 is 1.21 bits per heavy atom. The lowest BCUT2D eigenvalue weighted by Gasteiger charge is -2.11. The molecule has 9 nitrogen and oxygen atoms in total. The molecule has 146 valence electrons. The van der Waals surface area contributed by atoms with E-state index in [1.165, 1.54) is 6.26 Å². The van der Waals surface area contributed by atoms with Crippen molar-refractivity contribution in [1.82, 2.24) is 15.0 Å². The second kappa shape index (κ2) is 7.68. The molecule has 0 fully saturated rings. The summed E-state index contributed by atoms with van der Waals surface area (Å²) in [4.78, 5) is 21.9. The number of aromatic nitrogens is 3. The molecule has 3 heterocycles. The normalized spacial score (nSPS) is 11.3. The van der Waals surface area contributed by atoms with E-state index in [4.69, 9.17) is 16.0 Å². The average Bonchev–Trinajstić information content (AvgIpc) is 3.14. The van der Waals surface area contributed by atoms with Crippen LogP contribution in [0.4, 0.5) is 36.3 Å². The van der Waals surface area contributed by atoms with Gasteiger partial charge in [0, 0.05) is 6.20 Å². The number of halogens is 4. The van der Waals surface area contributed by atoms with Crippen molar-refractivity contribution in [2.45, 2.75) is 12.7 Å². The van der Waals surface area contributed by atoms with Crippen molar-refractivity contribution in [3.05, 3.63) is 63.4 Å². The number of alkyl halides is 3. The summed E-state index contributed by atoms with van der Waals surface area (Å²) in [7, 11) is 0. The van der Waals surface area contributed by atoms with E-state index in [0.29, 0.717) is 18.0 Å². The molecule has 3 aromatic rings. The molecule has 0 radical (unpaired) electrons. The van der Waals surface area contributed by atoms with Gasteiger partial charge < -0.3 is 15.1 Å². The Labute approximate surface area is 159 Å².